The van der Waals surface area contributed by atoms with Gasteiger partial charge in [0, 0.05) is 6.54 Å². The highest BCUT2D eigenvalue weighted by Crippen LogP contribution is 2.29. The van der Waals surface area contributed by atoms with Crippen molar-refractivity contribution in [1.82, 2.24) is 10.4 Å². The molecule has 0 unspecified atom stereocenters. The Labute approximate surface area is 53.9 Å². The number of hydrogen-bond donors (Lipinski definition) is 1. The number of nitrogens with one attached hydrogen (secondary N) is 1. The summed E-state index contributed by atoms with van der Waals surface area (Å²) in [5, 5.41) is 9.48. The first kappa shape index (κ1) is 5.02. The molecule has 4 nitrogen and oxygen atoms in total. The third-order valence-electron chi connectivity index (χ3n) is 1.66. The number of hydrogen-bond acceptors (Lipinski definition) is 4. The molecule has 0 aromatic heterocycles. The molecule has 1 aliphatic heterocycles. The van der Waals surface area contributed by atoms with Crippen molar-refractivity contribution in [1.29, 1.82) is 0 Å². The molecule has 0 atom stereocenters. The Morgan fingerprint density at radius 1 is 1.56 bits per heavy atom. The van der Waals surface area contributed by atoms with Gasteiger partial charge in [0.1, 0.15) is 6.67 Å². The van der Waals surface area contributed by atoms with Crippen molar-refractivity contribution in [3.63, 3.8) is 0 Å². The molecule has 0 spiro atoms. The van der Waals surface area contributed by atoms with Gasteiger partial charge in [-0.2, -0.15) is 0 Å². The number of nitrogens with zero attached hydrogens (tertiary/aromatic N) is 3. The molecule has 1 heterocycles. The molecule has 0 aromatic rings. The van der Waals surface area contributed by atoms with Crippen LogP contribution in [0.3, 0.4) is 0 Å². The lowest BCUT2D eigenvalue weighted by Crippen LogP contribution is -2.22. The Hall–Kier alpha value is -0.800. The predicted octanol–water partition coefficient (Wildman–Crippen LogP) is 0.541. The summed E-state index contributed by atoms with van der Waals surface area (Å²) in [6.07, 6.45) is 2.76. The van der Waals surface area contributed by atoms with Crippen molar-refractivity contribution in [2.75, 3.05) is 13.2 Å². The lowest BCUT2D eigenvalue weighted by molar-refractivity contribution is 0.295. The second-order valence-corrected chi connectivity index (χ2v) is 2.64. The Kier molecular flexibility index (Phi) is 1.04. The summed E-state index contributed by atoms with van der Waals surface area (Å²) in [5.74, 6) is 0.906. The van der Waals surface area contributed by atoms with Crippen LogP contribution in [0.5, 0.6) is 0 Å². The second-order valence-electron chi connectivity index (χ2n) is 2.64. The average molecular weight is 126 g/mol. The molecule has 1 fully saturated rings. The van der Waals surface area contributed by atoms with Crippen LogP contribution in [0.15, 0.2) is 10.4 Å². The molecule has 4 heteroatoms. The van der Waals surface area contributed by atoms with E-state index in [9.17, 15) is 0 Å². The highest BCUT2D eigenvalue weighted by Gasteiger charge is 2.24. The van der Waals surface area contributed by atoms with Gasteiger partial charge in [-0.1, -0.05) is 10.4 Å². The maximum atomic E-state index is 3.86. The van der Waals surface area contributed by atoms with Crippen LogP contribution < -0.4 is 5.43 Å². The Bertz CT molecular complexity index is 129. The van der Waals surface area contributed by atoms with Crippen molar-refractivity contribution in [3.8, 4) is 0 Å². The van der Waals surface area contributed by atoms with E-state index in [1.807, 2.05) is 5.01 Å². The first-order valence-corrected chi connectivity index (χ1v) is 3.33. The molecule has 0 amide bonds. The molecule has 1 saturated carbocycles. The SMILES string of the molecule is C1CC1CN1CNN=N1. The van der Waals surface area contributed by atoms with Gasteiger partial charge in [0.2, 0.25) is 0 Å². The topological polar surface area (TPSA) is 40.0 Å². The minimum Gasteiger partial charge on any atom is -0.269 e. The highest BCUT2D eigenvalue weighted by molar-refractivity contribution is 4.75. The van der Waals surface area contributed by atoms with Crippen molar-refractivity contribution < 1.29 is 0 Å². The van der Waals surface area contributed by atoms with E-state index < -0.39 is 0 Å². The van der Waals surface area contributed by atoms with Crippen molar-refractivity contribution in [2.45, 2.75) is 12.8 Å². The van der Waals surface area contributed by atoms with Crippen LogP contribution in [-0.2, 0) is 0 Å². The van der Waals surface area contributed by atoms with Crippen molar-refractivity contribution >= 4 is 0 Å². The number of rotatable bonds is 2. The van der Waals surface area contributed by atoms with Gasteiger partial charge in [0.15, 0.2) is 0 Å². The fourth-order valence-corrected chi connectivity index (χ4v) is 0.939. The first-order chi connectivity index (χ1) is 4.45. The van der Waals surface area contributed by atoms with Gasteiger partial charge in [-0.3, -0.25) is 10.4 Å². The summed E-state index contributed by atoms with van der Waals surface area (Å²) in [5.41, 5.74) is 2.79. The zero-order valence-corrected chi connectivity index (χ0v) is 5.25. The summed E-state index contributed by atoms with van der Waals surface area (Å²) in [6.45, 7) is 1.90. The van der Waals surface area contributed by atoms with E-state index in [1.165, 1.54) is 12.8 Å². The average Bonchev–Trinajstić information content (AvgIpc) is 2.46. The maximum Gasteiger partial charge on any atom is 0.124 e. The van der Waals surface area contributed by atoms with Crippen LogP contribution in [-0.4, -0.2) is 18.2 Å². The zero-order valence-electron chi connectivity index (χ0n) is 5.25. The summed E-state index contributed by atoms with van der Waals surface area (Å²) < 4.78 is 0. The van der Waals surface area contributed by atoms with Gasteiger partial charge in [-0.15, -0.1) is 0 Å². The lowest BCUT2D eigenvalue weighted by atomic mass is 10.4. The van der Waals surface area contributed by atoms with Crippen LogP contribution in [0.4, 0.5) is 0 Å². The van der Waals surface area contributed by atoms with E-state index >= 15 is 0 Å². The normalized spacial score (nSPS) is 24.7. The summed E-state index contributed by atoms with van der Waals surface area (Å²) in [6, 6.07) is 0. The Balaban J connectivity index is 1.77. The third-order valence-corrected chi connectivity index (χ3v) is 1.66. The highest BCUT2D eigenvalue weighted by atomic mass is 15.7. The van der Waals surface area contributed by atoms with Gasteiger partial charge in [0.25, 0.3) is 0 Å². The monoisotopic (exact) mass is 126 g/mol. The third kappa shape index (κ3) is 1.12. The van der Waals surface area contributed by atoms with Gasteiger partial charge in [-0.05, 0) is 18.8 Å². The molecule has 0 bridgehead atoms. The van der Waals surface area contributed by atoms with E-state index in [0.29, 0.717) is 0 Å². The van der Waals surface area contributed by atoms with E-state index in [-0.39, 0.29) is 0 Å². The molecule has 2 aliphatic rings. The smallest absolute Gasteiger partial charge is 0.124 e. The fraction of sp³-hybridized carbons (Fsp3) is 1.00. The van der Waals surface area contributed by atoms with Crippen LogP contribution in [0.2, 0.25) is 0 Å². The summed E-state index contributed by atoms with van der Waals surface area (Å²) >= 11 is 0. The first-order valence-electron chi connectivity index (χ1n) is 3.33. The van der Waals surface area contributed by atoms with E-state index in [0.717, 1.165) is 19.1 Å². The Morgan fingerprint density at radius 2 is 2.44 bits per heavy atom. The molecule has 0 aromatic carbocycles. The second kappa shape index (κ2) is 1.86. The molecule has 1 N–H and O–H groups in total. The van der Waals surface area contributed by atoms with E-state index in [4.69, 9.17) is 0 Å². The molecule has 0 saturated heterocycles. The predicted molar refractivity (Wildman–Crippen MR) is 32.3 cm³/mol. The minimum absolute atomic E-state index is 0.802. The summed E-state index contributed by atoms with van der Waals surface area (Å²) in [7, 11) is 0. The minimum atomic E-state index is 0.802. The van der Waals surface area contributed by atoms with Gasteiger partial charge in [0.05, 0.1) is 0 Å². The molecule has 2 rings (SSSR count). The molecule has 50 valence electrons. The molecular weight excluding hydrogens is 116 g/mol. The fourth-order valence-electron chi connectivity index (χ4n) is 0.939. The van der Waals surface area contributed by atoms with Crippen LogP contribution in [0.25, 0.3) is 0 Å². The molecule has 1 aliphatic carbocycles. The Morgan fingerprint density at radius 3 is 3.00 bits per heavy atom. The van der Waals surface area contributed by atoms with Gasteiger partial charge >= 0.3 is 0 Å². The zero-order chi connectivity index (χ0) is 6.10. The van der Waals surface area contributed by atoms with Crippen LogP contribution in [0.1, 0.15) is 12.8 Å². The van der Waals surface area contributed by atoms with Crippen molar-refractivity contribution in [3.05, 3.63) is 0 Å². The molecular formula is C5H10N4. The molecule has 0 radical (unpaired) electrons. The summed E-state index contributed by atoms with van der Waals surface area (Å²) in [4.78, 5) is 0. The van der Waals surface area contributed by atoms with Gasteiger partial charge < -0.3 is 0 Å². The molecule has 9 heavy (non-hydrogen) atoms. The van der Waals surface area contributed by atoms with E-state index in [1.54, 1.807) is 0 Å². The lowest BCUT2D eigenvalue weighted by Gasteiger charge is -2.07. The largest absolute Gasteiger partial charge is 0.269 e. The van der Waals surface area contributed by atoms with Gasteiger partial charge in [-0.25, -0.2) is 0 Å². The van der Waals surface area contributed by atoms with Crippen LogP contribution in [0, 0.1) is 5.92 Å². The van der Waals surface area contributed by atoms with Crippen LogP contribution >= 0.6 is 0 Å². The quantitative estimate of drug-likeness (QED) is 0.586. The van der Waals surface area contributed by atoms with Crippen molar-refractivity contribution in [2.24, 2.45) is 16.4 Å². The maximum absolute atomic E-state index is 3.86. The van der Waals surface area contributed by atoms with E-state index in [2.05, 4.69) is 15.9 Å². The standard InChI is InChI=1S/C5H10N4/c1-2-5(1)3-9-4-6-7-8-9/h5H,1-4H2,(H,6,8).